The minimum atomic E-state index is -0.364. The Hall–Kier alpha value is -1.84. The lowest BCUT2D eigenvalue weighted by Gasteiger charge is -2.14. The second-order valence-electron chi connectivity index (χ2n) is 4.83. The van der Waals surface area contributed by atoms with Gasteiger partial charge in [0.25, 0.3) is 0 Å². The van der Waals surface area contributed by atoms with Gasteiger partial charge in [0.05, 0.1) is 12.7 Å². The van der Waals surface area contributed by atoms with Gasteiger partial charge in [-0.2, -0.15) is 0 Å². The molecule has 0 spiro atoms. The van der Waals surface area contributed by atoms with Crippen molar-refractivity contribution in [3.8, 4) is 11.1 Å². The molecule has 0 saturated carbocycles. The van der Waals surface area contributed by atoms with Crippen LogP contribution in [0.1, 0.15) is 10.4 Å². The molecule has 0 aromatic heterocycles. The first-order valence-electron chi connectivity index (χ1n) is 6.67. The lowest BCUT2D eigenvalue weighted by molar-refractivity contribution is 0.0601. The molecule has 0 heterocycles. The molecule has 0 aliphatic rings. The maximum atomic E-state index is 12.2. The van der Waals surface area contributed by atoms with E-state index in [1.54, 1.807) is 12.1 Å². The number of carbonyl (C=O) groups is 1. The predicted molar refractivity (Wildman–Crippen MR) is 93.4 cm³/mol. The van der Waals surface area contributed by atoms with Crippen molar-refractivity contribution in [2.75, 3.05) is 7.11 Å². The van der Waals surface area contributed by atoms with Crippen LogP contribution in [-0.2, 0) is 4.74 Å². The Kier molecular flexibility index (Phi) is 4.19. The molecule has 110 valence electrons. The van der Waals surface area contributed by atoms with Gasteiger partial charge in [-0.05, 0) is 50.5 Å². The first kappa shape index (κ1) is 15.1. The fourth-order valence-corrected chi connectivity index (χ4v) is 3.40. The summed E-state index contributed by atoms with van der Waals surface area (Å²) in [6, 6.07) is 17.1. The number of hydrogen-bond donors (Lipinski definition) is 0. The maximum Gasteiger partial charge on any atom is 0.338 e. The van der Waals surface area contributed by atoms with Crippen molar-refractivity contribution in [3.63, 3.8) is 0 Å². The van der Waals surface area contributed by atoms with E-state index in [2.05, 4.69) is 15.9 Å². The van der Waals surface area contributed by atoms with E-state index in [1.165, 1.54) is 7.11 Å². The number of methoxy groups -OCH3 is 1. The number of esters is 1. The third-order valence-corrected chi connectivity index (χ3v) is 4.60. The molecule has 22 heavy (non-hydrogen) atoms. The fraction of sp³-hybridized carbons (Fsp3) is 0.0556. The molecule has 0 aliphatic carbocycles. The third-order valence-electron chi connectivity index (χ3n) is 3.52. The maximum absolute atomic E-state index is 12.2. The summed E-state index contributed by atoms with van der Waals surface area (Å²) >= 11 is 9.60. The number of ether oxygens (including phenoxy) is 1. The molecule has 2 nitrogen and oxygen atoms in total. The molecule has 0 amide bonds. The molecule has 0 fully saturated rings. The van der Waals surface area contributed by atoms with Gasteiger partial charge in [0, 0.05) is 15.1 Å². The lowest BCUT2D eigenvalue weighted by Crippen LogP contribution is -2.04. The summed E-state index contributed by atoms with van der Waals surface area (Å²) in [6.07, 6.45) is 0. The van der Waals surface area contributed by atoms with Gasteiger partial charge in [0.15, 0.2) is 0 Å². The molecule has 0 aliphatic heterocycles. The zero-order valence-electron chi connectivity index (χ0n) is 11.8. The lowest BCUT2D eigenvalue weighted by atomic mass is 9.95. The molecule has 0 N–H and O–H groups in total. The first-order valence-corrected chi connectivity index (χ1v) is 7.84. The van der Waals surface area contributed by atoms with Gasteiger partial charge < -0.3 is 4.74 Å². The summed E-state index contributed by atoms with van der Waals surface area (Å²) in [5, 5.41) is 2.67. The van der Waals surface area contributed by atoms with E-state index in [9.17, 15) is 4.79 Å². The van der Waals surface area contributed by atoms with E-state index < -0.39 is 0 Å². The van der Waals surface area contributed by atoms with Crippen LogP contribution in [0.2, 0.25) is 5.02 Å². The largest absolute Gasteiger partial charge is 0.465 e. The normalized spacial score (nSPS) is 10.7. The van der Waals surface area contributed by atoms with Crippen LogP contribution in [0.25, 0.3) is 21.9 Å². The number of hydrogen-bond acceptors (Lipinski definition) is 2. The number of fused-ring (bicyclic) bond motifs is 1. The van der Waals surface area contributed by atoms with Crippen LogP contribution in [0.4, 0.5) is 0 Å². The average Bonchev–Trinajstić information content (AvgIpc) is 2.55. The SMILES string of the molecule is COC(=O)c1cc2ccccc2c(Br)c1-c1ccc(Cl)cc1. The molecule has 4 heteroatoms. The van der Waals surface area contributed by atoms with Crippen molar-refractivity contribution in [1.29, 1.82) is 0 Å². The van der Waals surface area contributed by atoms with Crippen LogP contribution in [-0.4, -0.2) is 13.1 Å². The second-order valence-corrected chi connectivity index (χ2v) is 6.06. The fourth-order valence-electron chi connectivity index (χ4n) is 2.47. The molecule has 0 radical (unpaired) electrons. The predicted octanol–water partition coefficient (Wildman–Crippen LogP) is 5.71. The molecule has 0 unspecified atom stereocenters. The highest BCUT2D eigenvalue weighted by atomic mass is 79.9. The van der Waals surface area contributed by atoms with E-state index >= 15 is 0 Å². The Labute approximate surface area is 141 Å². The molecule has 0 atom stereocenters. The number of carbonyl (C=O) groups excluding carboxylic acids is 1. The van der Waals surface area contributed by atoms with Crippen LogP contribution >= 0.6 is 27.5 Å². The Morgan fingerprint density at radius 1 is 1.09 bits per heavy atom. The average molecular weight is 376 g/mol. The van der Waals surface area contributed by atoms with Crippen LogP contribution in [0, 0.1) is 0 Å². The standard InChI is InChI=1S/C18H12BrClO2/c1-22-18(21)15-10-12-4-2-3-5-14(12)17(19)16(15)11-6-8-13(20)9-7-11/h2-10H,1H3. The minimum absolute atomic E-state index is 0.364. The summed E-state index contributed by atoms with van der Waals surface area (Å²) in [7, 11) is 1.39. The highest BCUT2D eigenvalue weighted by molar-refractivity contribution is 9.10. The summed E-state index contributed by atoms with van der Waals surface area (Å²) in [6.45, 7) is 0. The molecular formula is C18H12BrClO2. The minimum Gasteiger partial charge on any atom is -0.465 e. The van der Waals surface area contributed by atoms with Gasteiger partial charge >= 0.3 is 5.97 Å². The van der Waals surface area contributed by atoms with E-state index in [0.717, 1.165) is 26.4 Å². The number of benzene rings is 3. The van der Waals surface area contributed by atoms with Gasteiger partial charge in [-0.3, -0.25) is 0 Å². The smallest absolute Gasteiger partial charge is 0.338 e. The van der Waals surface area contributed by atoms with Gasteiger partial charge in [-0.25, -0.2) is 4.79 Å². The molecule has 3 rings (SSSR count). The summed E-state index contributed by atoms with van der Waals surface area (Å²) < 4.78 is 5.81. The Morgan fingerprint density at radius 3 is 2.45 bits per heavy atom. The van der Waals surface area contributed by atoms with E-state index in [4.69, 9.17) is 16.3 Å². The number of rotatable bonds is 2. The van der Waals surface area contributed by atoms with Gasteiger partial charge in [0.1, 0.15) is 0 Å². The molecular weight excluding hydrogens is 364 g/mol. The highest BCUT2D eigenvalue weighted by Crippen LogP contribution is 2.38. The van der Waals surface area contributed by atoms with E-state index in [1.807, 2.05) is 42.5 Å². The summed E-state index contributed by atoms with van der Waals surface area (Å²) in [5.74, 6) is -0.364. The monoisotopic (exact) mass is 374 g/mol. The quantitative estimate of drug-likeness (QED) is 0.536. The first-order chi connectivity index (χ1) is 10.6. The highest BCUT2D eigenvalue weighted by Gasteiger charge is 2.19. The van der Waals surface area contributed by atoms with Crippen molar-refractivity contribution in [2.24, 2.45) is 0 Å². The van der Waals surface area contributed by atoms with Gasteiger partial charge in [-0.15, -0.1) is 0 Å². The molecule has 0 saturated heterocycles. The third kappa shape index (κ3) is 2.62. The van der Waals surface area contributed by atoms with Crippen LogP contribution < -0.4 is 0 Å². The Bertz CT molecular complexity index is 857. The zero-order valence-corrected chi connectivity index (χ0v) is 14.1. The van der Waals surface area contributed by atoms with E-state index in [0.29, 0.717) is 10.6 Å². The summed E-state index contributed by atoms with van der Waals surface area (Å²) in [4.78, 5) is 12.2. The van der Waals surface area contributed by atoms with Gasteiger partial charge in [-0.1, -0.05) is 48.0 Å². The zero-order chi connectivity index (χ0) is 15.7. The number of halogens is 2. The van der Waals surface area contributed by atoms with Gasteiger partial charge in [0.2, 0.25) is 0 Å². The van der Waals surface area contributed by atoms with Crippen LogP contribution in [0.3, 0.4) is 0 Å². The second kappa shape index (κ2) is 6.11. The van der Waals surface area contributed by atoms with Crippen molar-refractivity contribution in [1.82, 2.24) is 0 Å². The van der Waals surface area contributed by atoms with E-state index in [-0.39, 0.29) is 5.97 Å². The Balaban J connectivity index is 2.37. The van der Waals surface area contributed by atoms with Crippen molar-refractivity contribution < 1.29 is 9.53 Å². The van der Waals surface area contributed by atoms with Crippen molar-refractivity contribution in [2.45, 2.75) is 0 Å². The molecule has 3 aromatic carbocycles. The summed E-state index contributed by atoms with van der Waals surface area (Å²) in [5.41, 5.74) is 2.24. The van der Waals surface area contributed by atoms with Crippen LogP contribution in [0.5, 0.6) is 0 Å². The van der Waals surface area contributed by atoms with Crippen LogP contribution in [0.15, 0.2) is 59.1 Å². The van der Waals surface area contributed by atoms with Crippen molar-refractivity contribution >= 4 is 44.3 Å². The molecule has 0 bridgehead atoms. The Morgan fingerprint density at radius 2 is 1.77 bits per heavy atom. The van der Waals surface area contributed by atoms with Crippen molar-refractivity contribution in [3.05, 3.63) is 69.7 Å². The topological polar surface area (TPSA) is 26.3 Å². The molecule has 3 aromatic rings.